The number of benzene rings is 3. The van der Waals surface area contributed by atoms with Crippen LogP contribution in [0.15, 0.2) is 79.0 Å². The lowest BCUT2D eigenvalue weighted by molar-refractivity contribution is -0.119. The third-order valence-corrected chi connectivity index (χ3v) is 7.16. The summed E-state index contributed by atoms with van der Waals surface area (Å²) in [5.41, 5.74) is 9.85. The third-order valence-electron chi connectivity index (χ3n) is 7.16. The average Bonchev–Trinajstić information content (AvgIpc) is 3.61. The number of aryl methyl sites for hydroxylation is 2. The van der Waals surface area contributed by atoms with Crippen molar-refractivity contribution in [1.82, 2.24) is 25.1 Å². The second kappa shape index (κ2) is 12.5. The molecule has 0 radical (unpaired) electrons. The van der Waals surface area contributed by atoms with Gasteiger partial charge in [0, 0.05) is 41.7 Å². The van der Waals surface area contributed by atoms with Gasteiger partial charge in [0.25, 0.3) is 0 Å². The van der Waals surface area contributed by atoms with E-state index in [2.05, 4.69) is 38.2 Å². The molecule has 40 heavy (non-hydrogen) atoms. The van der Waals surface area contributed by atoms with Crippen LogP contribution in [0.1, 0.15) is 34.3 Å². The fourth-order valence-electron chi connectivity index (χ4n) is 5.03. The van der Waals surface area contributed by atoms with Crippen LogP contribution in [0.5, 0.6) is 11.5 Å². The second-order valence-electron chi connectivity index (χ2n) is 9.57. The van der Waals surface area contributed by atoms with Gasteiger partial charge in [0.05, 0.1) is 33.2 Å². The number of nitrogens with two attached hydrogens (primary N) is 1. The number of amides is 1. The Morgan fingerprint density at radius 1 is 1.00 bits per heavy atom. The Balaban J connectivity index is 1.59. The summed E-state index contributed by atoms with van der Waals surface area (Å²) in [6.07, 6.45) is 3.51. The van der Waals surface area contributed by atoms with E-state index in [1.54, 1.807) is 14.2 Å². The van der Waals surface area contributed by atoms with Gasteiger partial charge in [-0.15, -0.1) is 10.2 Å². The van der Waals surface area contributed by atoms with Crippen LogP contribution in [-0.4, -0.2) is 53.0 Å². The topological polar surface area (TPSA) is 120 Å². The van der Waals surface area contributed by atoms with Crippen molar-refractivity contribution in [3.05, 3.63) is 107 Å². The van der Waals surface area contributed by atoms with Crippen LogP contribution in [0, 0.1) is 0 Å². The van der Waals surface area contributed by atoms with Gasteiger partial charge in [0.1, 0.15) is 23.1 Å². The number of aromatic nitrogens is 4. The fraction of sp³-hybridized carbons (Fsp3) is 0.258. The molecule has 1 atom stereocenters. The van der Waals surface area contributed by atoms with Crippen LogP contribution < -0.4 is 20.5 Å². The molecule has 2 aromatic heterocycles. The summed E-state index contributed by atoms with van der Waals surface area (Å²) in [4.78, 5) is 15.6. The number of fused-ring (bicyclic) bond motifs is 1. The van der Waals surface area contributed by atoms with Crippen molar-refractivity contribution in [2.45, 2.75) is 25.3 Å². The summed E-state index contributed by atoms with van der Waals surface area (Å²) < 4.78 is 13.3. The molecule has 0 saturated heterocycles. The van der Waals surface area contributed by atoms with Gasteiger partial charge < -0.3 is 30.1 Å². The Hall–Kier alpha value is -4.63. The highest BCUT2D eigenvalue weighted by atomic mass is 16.5. The van der Waals surface area contributed by atoms with Crippen LogP contribution in [0.4, 0.5) is 0 Å². The second-order valence-corrected chi connectivity index (χ2v) is 9.57. The van der Waals surface area contributed by atoms with E-state index in [1.165, 1.54) is 5.56 Å². The number of para-hydroxylation sites is 1. The SMILES string of the molecule is COc1ccc(Cn2c(CCc3ccccc3)nnc2C(CNC(=O)CN)c2c[nH]c3ccccc23)c(OC)c1. The number of nitrogens with one attached hydrogen (secondary N) is 2. The first kappa shape index (κ1) is 27.0. The summed E-state index contributed by atoms with van der Waals surface area (Å²) in [7, 11) is 3.29. The summed E-state index contributed by atoms with van der Waals surface area (Å²) in [6.45, 7) is 0.733. The Morgan fingerprint density at radius 2 is 1.80 bits per heavy atom. The zero-order valence-electron chi connectivity index (χ0n) is 22.8. The van der Waals surface area contributed by atoms with Gasteiger partial charge in [-0.05, 0) is 35.7 Å². The lowest BCUT2D eigenvalue weighted by Gasteiger charge is -2.20. The van der Waals surface area contributed by atoms with Gasteiger partial charge in [-0.2, -0.15) is 0 Å². The number of carbonyl (C=O) groups excluding carboxylic acids is 1. The molecule has 0 aliphatic carbocycles. The highest BCUT2D eigenvalue weighted by molar-refractivity contribution is 5.84. The Labute approximate surface area is 233 Å². The number of carbonyl (C=O) groups is 1. The molecular formula is C31H34N6O3. The van der Waals surface area contributed by atoms with Gasteiger partial charge in [0.2, 0.25) is 5.91 Å². The first-order valence-electron chi connectivity index (χ1n) is 13.3. The van der Waals surface area contributed by atoms with Crippen LogP contribution in [0.2, 0.25) is 0 Å². The molecule has 0 fully saturated rings. The average molecular weight is 539 g/mol. The van der Waals surface area contributed by atoms with Crippen molar-refractivity contribution in [1.29, 1.82) is 0 Å². The monoisotopic (exact) mass is 538 g/mol. The van der Waals surface area contributed by atoms with E-state index in [1.807, 2.05) is 60.8 Å². The van der Waals surface area contributed by atoms with Gasteiger partial charge in [-0.1, -0.05) is 48.5 Å². The van der Waals surface area contributed by atoms with E-state index >= 15 is 0 Å². The minimum atomic E-state index is -0.270. The smallest absolute Gasteiger partial charge is 0.233 e. The molecule has 206 valence electrons. The van der Waals surface area contributed by atoms with Crippen molar-refractivity contribution >= 4 is 16.8 Å². The molecule has 1 amide bonds. The molecule has 4 N–H and O–H groups in total. The van der Waals surface area contributed by atoms with Crippen LogP contribution >= 0.6 is 0 Å². The number of aromatic amines is 1. The molecular weight excluding hydrogens is 504 g/mol. The molecule has 9 heteroatoms. The zero-order chi connectivity index (χ0) is 27.9. The van der Waals surface area contributed by atoms with Crippen LogP contribution in [-0.2, 0) is 24.2 Å². The normalized spacial score (nSPS) is 11.9. The first-order valence-corrected chi connectivity index (χ1v) is 13.3. The van der Waals surface area contributed by atoms with Crippen molar-refractivity contribution in [3.8, 4) is 11.5 Å². The van der Waals surface area contributed by atoms with Crippen molar-refractivity contribution in [2.24, 2.45) is 5.73 Å². The van der Waals surface area contributed by atoms with Crippen LogP contribution in [0.3, 0.4) is 0 Å². The predicted octanol–water partition coefficient (Wildman–Crippen LogP) is 3.82. The molecule has 5 rings (SSSR count). The zero-order valence-corrected chi connectivity index (χ0v) is 22.8. The molecule has 3 aromatic carbocycles. The molecule has 0 spiro atoms. The van der Waals surface area contributed by atoms with Crippen molar-refractivity contribution in [2.75, 3.05) is 27.3 Å². The lowest BCUT2D eigenvalue weighted by Crippen LogP contribution is -2.34. The molecule has 9 nitrogen and oxygen atoms in total. The number of ether oxygens (including phenoxy) is 2. The number of nitrogens with zero attached hydrogens (tertiary/aromatic N) is 3. The van der Waals surface area contributed by atoms with Crippen molar-refractivity contribution in [3.63, 3.8) is 0 Å². The van der Waals surface area contributed by atoms with E-state index in [0.717, 1.165) is 45.8 Å². The van der Waals surface area contributed by atoms with E-state index in [-0.39, 0.29) is 18.4 Å². The Kier molecular flexibility index (Phi) is 8.41. The standard InChI is InChI=1S/C31H34N6O3/c1-39-23-14-13-22(28(16-23)40-2)20-37-29(15-12-21-8-4-3-5-9-21)35-36-31(37)26(19-34-30(38)17-32)25-18-33-27-11-7-6-10-24(25)27/h3-11,13-14,16,18,26,33H,12,15,17,19-20,32H2,1-2H3,(H,34,38). The van der Waals surface area contributed by atoms with E-state index in [9.17, 15) is 4.79 Å². The van der Waals surface area contributed by atoms with Gasteiger partial charge >= 0.3 is 0 Å². The maximum atomic E-state index is 12.3. The Morgan fingerprint density at radius 3 is 2.58 bits per heavy atom. The van der Waals surface area contributed by atoms with E-state index < -0.39 is 0 Å². The molecule has 0 aliphatic rings. The maximum Gasteiger partial charge on any atom is 0.233 e. The van der Waals surface area contributed by atoms with Gasteiger partial charge in [-0.3, -0.25) is 4.79 Å². The van der Waals surface area contributed by atoms with Gasteiger partial charge in [0.15, 0.2) is 0 Å². The van der Waals surface area contributed by atoms with E-state index in [4.69, 9.17) is 20.3 Å². The number of methoxy groups -OCH3 is 2. The largest absolute Gasteiger partial charge is 0.497 e. The summed E-state index contributed by atoms with van der Waals surface area (Å²) in [6, 6.07) is 24.2. The molecule has 0 aliphatic heterocycles. The maximum absolute atomic E-state index is 12.3. The van der Waals surface area contributed by atoms with Crippen molar-refractivity contribution < 1.29 is 14.3 Å². The Bertz CT molecular complexity index is 1580. The molecule has 1 unspecified atom stereocenters. The minimum absolute atomic E-state index is 0.0847. The van der Waals surface area contributed by atoms with E-state index in [0.29, 0.717) is 25.3 Å². The highest BCUT2D eigenvalue weighted by Crippen LogP contribution is 2.32. The third kappa shape index (κ3) is 5.84. The molecule has 2 heterocycles. The first-order chi connectivity index (χ1) is 19.6. The lowest BCUT2D eigenvalue weighted by atomic mass is 9.97. The summed E-state index contributed by atoms with van der Waals surface area (Å²) >= 11 is 0. The molecule has 0 bridgehead atoms. The number of hydrogen-bond acceptors (Lipinski definition) is 6. The van der Waals surface area contributed by atoms with Crippen LogP contribution in [0.25, 0.3) is 10.9 Å². The highest BCUT2D eigenvalue weighted by Gasteiger charge is 2.26. The fourth-order valence-corrected chi connectivity index (χ4v) is 5.03. The molecule has 0 saturated carbocycles. The summed E-state index contributed by atoms with van der Waals surface area (Å²) in [5.74, 6) is 2.55. The molecule has 5 aromatic rings. The van der Waals surface area contributed by atoms with Gasteiger partial charge in [-0.25, -0.2) is 0 Å². The number of H-pyrrole nitrogens is 1. The number of hydrogen-bond donors (Lipinski definition) is 3. The summed E-state index contributed by atoms with van der Waals surface area (Å²) in [5, 5.41) is 13.5. The number of rotatable bonds is 12. The minimum Gasteiger partial charge on any atom is -0.497 e. The predicted molar refractivity (Wildman–Crippen MR) is 155 cm³/mol. The quantitative estimate of drug-likeness (QED) is 0.222.